The SMILES string of the molecule is O=C1NC(NC2CC2)=NC1c1cc(Br)cs1. The average Bonchev–Trinajstić information content (AvgIpc) is 2.82. The molecule has 0 spiro atoms. The van der Waals surface area contributed by atoms with Crippen LogP contribution in [0.5, 0.6) is 0 Å². The van der Waals surface area contributed by atoms with Crippen LogP contribution in [0.1, 0.15) is 23.8 Å². The third-order valence-electron chi connectivity index (χ3n) is 2.52. The average molecular weight is 300 g/mol. The van der Waals surface area contributed by atoms with Crippen molar-refractivity contribution in [3.63, 3.8) is 0 Å². The number of thiophene rings is 1. The highest BCUT2D eigenvalue weighted by atomic mass is 79.9. The Morgan fingerprint density at radius 1 is 1.56 bits per heavy atom. The van der Waals surface area contributed by atoms with Crippen LogP contribution in [-0.2, 0) is 4.79 Å². The van der Waals surface area contributed by atoms with Gasteiger partial charge in [0.1, 0.15) is 0 Å². The van der Waals surface area contributed by atoms with E-state index in [4.69, 9.17) is 0 Å². The molecule has 1 aliphatic heterocycles. The van der Waals surface area contributed by atoms with Gasteiger partial charge in [0.25, 0.3) is 5.91 Å². The molecule has 0 aromatic carbocycles. The van der Waals surface area contributed by atoms with E-state index in [0.29, 0.717) is 12.0 Å². The molecule has 84 valence electrons. The number of carbonyl (C=O) groups excluding carboxylic acids is 1. The quantitative estimate of drug-likeness (QED) is 0.875. The molecule has 1 fully saturated rings. The van der Waals surface area contributed by atoms with E-state index in [1.54, 1.807) is 11.3 Å². The van der Waals surface area contributed by atoms with E-state index >= 15 is 0 Å². The van der Waals surface area contributed by atoms with E-state index in [-0.39, 0.29) is 11.9 Å². The molecule has 1 atom stereocenters. The summed E-state index contributed by atoms with van der Waals surface area (Å²) in [5.41, 5.74) is 0. The number of guanidine groups is 1. The van der Waals surface area contributed by atoms with Crippen LogP contribution in [0.2, 0.25) is 0 Å². The first-order chi connectivity index (χ1) is 7.72. The summed E-state index contributed by atoms with van der Waals surface area (Å²) in [5, 5.41) is 7.94. The van der Waals surface area contributed by atoms with Gasteiger partial charge in [-0.1, -0.05) is 0 Å². The molecule has 4 nitrogen and oxygen atoms in total. The number of hydrogen-bond donors (Lipinski definition) is 2. The second kappa shape index (κ2) is 3.85. The number of nitrogens with one attached hydrogen (secondary N) is 2. The van der Waals surface area contributed by atoms with E-state index in [1.807, 2.05) is 11.4 Å². The second-order valence-electron chi connectivity index (χ2n) is 3.96. The first-order valence-electron chi connectivity index (χ1n) is 5.11. The van der Waals surface area contributed by atoms with Crippen molar-refractivity contribution in [1.82, 2.24) is 10.6 Å². The summed E-state index contributed by atoms with van der Waals surface area (Å²) >= 11 is 4.92. The molecule has 1 unspecified atom stereocenters. The molecule has 0 bridgehead atoms. The van der Waals surface area contributed by atoms with Gasteiger partial charge in [-0.2, -0.15) is 0 Å². The van der Waals surface area contributed by atoms with Crippen molar-refractivity contribution in [2.45, 2.75) is 24.9 Å². The van der Waals surface area contributed by atoms with Crippen LogP contribution in [0.3, 0.4) is 0 Å². The van der Waals surface area contributed by atoms with Crippen molar-refractivity contribution in [1.29, 1.82) is 0 Å². The molecule has 16 heavy (non-hydrogen) atoms. The molecule has 1 aliphatic carbocycles. The Morgan fingerprint density at radius 3 is 3.00 bits per heavy atom. The van der Waals surface area contributed by atoms with Gasteiger partial charge in [0.2, 0.25) is 0 Å². The molecule has 6 heteroatoms. The van der Waals surface area contributed by atoms with Crippen molar-refractivity contribution >= 4 is 39.1 Å². The number of rotatable bonds is 2. The third kappa shape index (κ3) is 1.99. The fourth-order valence-corrected chi connectivity index (χ4v) is 3.04. The monoisotopic (exact) mass is 299 g/mol. The van der Waals surface area contributed by atoms with Crippen molar-refractivity contribution in [3.8, 4) is 0 Å². The highest BCUT2D eigenvalue weighted by Crippen LogP contribution is 2.30. The van der Waals surface area contributed by atoms with Gasteiger partial charge in [-0.15, -0.1) is 11.3 Å². The smallest absolute Gasteiger partial charge is 0.257 e. The van der Waals surface area contributed by atoms with Crippen molar-refractivity contribution < 1.29 is 4.79 Å². The normalized spacial score (nSPS) is 24.2. The van der Waals surface area contributed by atoms with Crippen LogP contribution in [0.15, 0.2) is 20.9 Å². The van der Waals surface area contributed by atoms with Crippen molar-refractivity contribution in [3.05, 3.63) is 20.8 Å². The predicted molar refractivity (Wildman–Crippen MR) is 66.5 cm³/mol. The number of nitrogens with zero attached hydrogens (tertiary/aromatic N) is 1. The first-order valence-corrected chi connectivity index (χ1v) is 6.79. The van der Waals surface area contributed by atoms with E-state index in [9.17, 15) is 4.79 Å². The van der Waals surface area contributed by atoms with Crippen molar-refractivity contribution in [2.24, 2.45) is 4.99 Å². The zero-order valence-corrected chi connectivity index (χ0v) is 10.8. The highest BCUT2D eigenvalue weighted by Gasteiger charge is 2.31. The number of amides is 1. The molecule has 1 amide bonds. The van der Waals surface area contributed by atoms with E-state index in [0.717, 1.165) is 9.35 Å². The molecule has 0 saturated heterocycles. The second-order valence-corrected chi connectivity index (χ2v) is 5.81. The summed E-state index contributed by atoms with van der Waals surface area (Å²) < 4.78 is 0.999. The molecule has 1 saturated carbocycles. The molecule has 0 radical (unpaired) electrons. The Labute approximate surface area is 105 Å². The maximum absolute atomic E-state index is 11.7. The lowest BCUT2D eigenvalue weighted by atomic mass is 10.2. The number of aliphatic imine (C=N–C) groups is 1. The first kappa shape index (κ1) is 10.3. The zero-order chi connectivity index (χ0) is 11.1. The zero-order valence-electron chi connectivity index (χ0n) is 8.37. The largest absolute Gasteiger partial charge is 0.353 e. The molecule has 1 aromatic heterocycles. The Bertz CT molecular complexity index is 466. The minimum absolute atomic E-state index is 0.0440. The molecule has 3 rings (SSSR count). The summed E-state index contributed by atoms with van der Waals surface area (Å²) in [5.74, 6) is 0.583. The Balaban J connectivity index is 1.79. The van der Waals surface area contributed by atoms with Crippen molar-refractivity contribution in [2.75, 3.05) is 0 Å². The molecule has 2 N–H and O–H groups in total. The predicted octanol–water partition coefficient (Wildman–Crippen LogP) is 1.79. The summed E-state index contributed by atoms with van der Waals surface area (Å²) in [6.07, 6.45) is 2.34. The highest BCUT2D eigenvalue weighted by molar-refractivity contribution is 9.10. The third-order valence-corrected chi connectivity index (χ3v) is 4.27. The van der Waals surface area contributed by atoms with Gasteiger partial charge in [0.15, 0.2) is 12.0 Å². The van der Waals surface area contributed by atoms with Gasteiger partial charge in [-0.3, -0.25) is 10.1 Å². The lowest BCUT2D eigenvalue weighted by Crippen LogP contribution is -2.37. The topological polar surface area (TPSA) is 53.5 Å². The molecular formula is C10H10BrN3OS. The Hall–Kier alpha value is -0.880. The minimum atomic E-state index is -0.377. The van der Waals surface area contributed by atoms with Crippen LogP contribution < -0.4 is 10.6 Å². The van der Waals surface area contributed by atoms with E-state index in [2.05, 4.69) is 31.6 Å². The fraction of sp³-hybridized carbons (Fsp3) is 0.400. The Kier molecular flexibility index (Phi) is 2.48. The molecular weight excluding hydrogens is 290 g/mol. The maximum atomic E-state index is 11.7. The lowest BCUT2D eigenvalue weighted by Gasteiger charge is -2.01. The molecule has 1 aromatic rings. The van der Waals surface area contributed by atoms with E-state index in [1.165, 1.54) is 12.8 Å². The summed E-state index contributed by atoms with van der Waals surface area (Å²) in [4.78, 5) is 17.1. The summed E-state index contributed by atoms with van der Waals surface area (Å²) in [7, 11) is 0. The number of halogens is 1. The van der Waals surface area contributed by atoms with Gasteiger partial charge >= 0.3 is 0 Å². The van der Waals surface area contributed by atoms with E-state index < -0.39 is 0 Å². The summed E-state index contributed by atoms with van der Waals surface area (Å²) in [6, 6.07) is 2.07. The van der Waals surface area contributed by atoms with Gasteiger partial charge < -0.3 is 5.32 Å². The number of hydrogen-bond acceptors (Lipinski definition) is 4. The van der Waals surface area contributed by atoms with Crippen LogP contribution >= 0.6 is 27.3 Å². The Morgan fingerprint density at radius 2 is 2.38 bits per heavy atom. The molecule has 2 aliphatic rings. The minimum Gasteiger partial charge on any atom is -0.353 e. The summed E-state index contributed by atoms with van der Waals surface area (Å²) in [6.45, 7) is 0. The van der Waals surface area contributed by atoms with Gasteiger partial charge in [-0.25, -0.2) is 4.99 Å². The number of carbonyl (C=O) groups is 1. The van der Waals surface area contributed by atoms with Crippen LogP contribution in [0.4, 0.5) is 0 Å². The van der Waals surface area contributed by atoms with Gasteiger partial charge in [0, 0.05) is 20.8 Å². The van der Waals surface area contributed by atoms with Crippen LogP contribution in [0, 0.1) is 0 Å². The molecule has 2 heterocycles. The van der Waals surface area contributed by atoms with Crippen LogP contribution in [-0.4, -0.2) is 17.9 Å². The van der Waals surface area contributed by atoms with Crippen LogP contribution in [0.25, 0.3) is 0 Å². The standard InChI is InChI=1S/C10H10BrN3OS/c11-5-3-7(16-4-5)8-9(15)14-10(13-8)12-6-1-2-6/h3-4,6,8H,1-2H2,(H2,12,13,14,15). The fourth-order valence-electron chi connectivity index (χ4n) is 1.56. The van der Waals surface area contributed by atoms with Gasteiger partial charge in [0.05, 0.1) is 0 Å². The maximum Gasteiger partial charge on any atom is 0.257 e. The lowest BCUT2D eigenvalue weighted by molar-refractivity contribution is -0.120. The van der Waals surface area contributed by atoms with Gasteiger partial charge in [-0.05, 0) is 34.8 Å².